The SMILES string of the molecule is CC(CC(O)C1C=C(O)C=CC1=NP(=O)(O)O)c1ccc(O)cc1. The summed E-state index contributed by atoms with van der Waals surface area (Å²) >= 11 is 0. The molecule has 8 heteroatoms. The van der Waals surface area contributed by atoms with Gasteiger partial charge in [0.15, 0.2) is 0 Å². The van der Waals surface area contributed by atoms with Gasteiger partial charge in [0.2, 0.25) is 0 Å². The molecule has 0 spiro atoms. The molecule has 130 valence electrons. The summed E-state index contributed by atoms with van der Waals surface area (Å²) < 4.78 is 14.5. The van der Waals surface area contributed by atoms with Gasteiger partial charge in [-0.2, -0.15) is 4.76 Å². The summed E-state index contributed by atoms with van der Waals surface area (Å²) in [6.45, 7) is 1.89. The first-order chi connectivity index (χ1) is 11.2. The molecular formula is C16H20NO6P. The first-order valence-electron chi connectivity index (χ1n) is 7.37. The van der Waals surface area contributed by atoms with Gasteiger partial charge in [0.05, 0.1) is 11.8 Å². The van der Waals surface area contributed by atoms with Crippen LogP contribution in [0.1, 0.15) is 24.8 Å². The Balaban J connectivity index is 2.18. The predicted octanol–water partition coefficient (Wildman–Crippen LogP) is 2.41. The fourth-order valence-corrected chi connectivity index (χ4v) is 3.11. The number of aliphatic hydroxyl groups excluding tert-OH is 2. The van der Waals surface area contributed by atoms with E-state index in [2.05, 4.69) is 4.76 Å². The van der Waals surface area contributed by atoms with E-state index in [0.717, 1.165) is 5.56 Å². The Morgan fingerprint density at radius 2 is 1.79 bits per heavy atom. The Hall–Kier alpha value is -1.92. The molecule has 5 N–H and O–H groups in total. The molecule has 7 nitrogen and oxygen atoms in total. The summed E-state index contributed by atoms with van der Waals surface area (Å²) in [6.07, 6.45) is 3.16. The second-order valence-corrected chi connectivity index (χ2v) is 7.01. The van der Waals surface area contributed by atoms with Gasteiger partial charge < -0.3 is 25.1 Å². The van der Waals surface area contributed by atoms with Gasteiger partial charge >= 0.3 is 7.75 Å². The zero-order chi connectivity index (χ0) is 17.9. The number of hydrogen-bond donors (Lipinski definition) is 5. The minimum atomic E-state index is -4.64. The van der Waals surface area contributed by atoms with Gasteiger partial charge in [-0.05, 0) is 48.3 Å². The normalized spacial score (nSPS) is 22.2. The quantitative estimate of drug-likeness (QED) is 0.517. The Morgan fingerprint density at radius 1 is 1.17 bits per heavy atom. The standard InChI is InChI=1S/C16H20NO6P/c1-10(11-2-4-12(18)5-3-11)8-16(20)14-9-13(19)6-7-15(14)17-24(21,22)23/h2-7,9-10,14,16,18-20H,8H2,1H3,(H2,21,22,23). The van der Waals surface area contributed by atoms with E-state index in [4.69, 9.17) is 9.79 Å². The maximum absolute atomic E-state index is 11.1. The number of benzene rings is 1. The highest BCUT2D eigenvalue weighted by molar-refractivity contribution is 7.50. The Labute approximate surface area is 139 Å². The first-order valence-corrected chi connectivity index (χ1v) is 8.94. The molecule has 0 bridgehead atoms. The van der Waals surface area contributed by atoms with Crippen molar-refractivity contribution in [2.24, 2.45) is 10.7 Å². The smallest absolute Gasteiger partial charge is 0.448 e. The van der Waals surface area contributed by atoms with Crippen LogP contribution in [0.3, 0.4) is 0 Å². The second kappa shape index (κ2) is 7.32. The number of phenols is 1. The summed E-state index contributed by atoms with van der Waals surface area (Å²) in [5.41, 5.74) is 0.923. The van der Waals surface area contributed by atoms with Crippen LogP contribution in [0.5, 0.6) is 5.75 Å². The van der Waals surface area contributed by atoms with Crippen molar-refractivity contribution >= 4 is 13.5 Å². The maximum Gasteiger partial charge on any atom is 0.448 e. The third-order valence-electron chi connectivity index (χ3n) is 3.83. The van der Waals surface area contributed by atoms with E-state index < -0.39 is 19.8 Å². The molecule has 0 amide bonds. The van der Waals surface area contributed by atoms with E-state index in [1.54, 1.807) is 24.3 Å². The number of rotatable bonds is 5. The van der Waals surface area contributed by atoms with Gasteiger partial charge in [0.1, 0.15) is 11.5 Å². The van der Waals surface area contributed by atoms with Gasteiger partial charge in [0.25, 0.3) is 0 Å². The topological polar surface area (TPSA) is 131 Å². The van der Waals surface area contributed by atoms with Crippen molar-refractivity contribution in [2.75, 3.05) is 0 Å². The zero-order valence-electron chi connectivity index (χ0n) is 13.0. The summed E-state index contributed by atoms with van der Waals surface area (Å²) in [7, 11) is -4.64. The molecule has 3 atom stereocenters. The minimum absolute atomic E-state index is 0.0199. The van der Waals surface area contributed by atoms with Gasteiger partial charge in [0, 0.05) is 5.92 Å². The van der Waals surface area contributed by atoms with Gasteiger partial charge in [-0.3, -0.25) is 0 Å². The van der Waals surface area contributed by atoms with Crippen LogP contribution in [0.2, 0.25) is 0 Å². The lowest BCUT2D eigenvalue weighted by molar-refractivity contribution is 0.137. The van der Waals surface area contributed by atoms with Crippen LogP contribution in [0.15, 0.2) is 53.0 Å². The maximum atomic E-state index is 11.1. The Morgan fingerprint density at radius 3 is 2.38 bits per heavy atom. The number of allylic oxidation sites excluding steroid dienone is 2. The highest BCUT2D eigenvalue weighted by Gasteiger charge is 2.28. The van der Waals surface area contributed by atoms with Crippen molar-refractivity contribution in [1.29, 1.82) is 0 Å². The molecule has 1 aromatic rings. The van der Waals surface area contributed by atoms with E-state index in [1.165, 1.54) is 18.2 Å². The number of nitrogens with zero attached hydrogens (tertiary/aromatic N) is 1. The van der Waals surface area contributed by atoms with Gasteiger partial charge in [-0.1, -0.05) is 19.1 Å². The predicted molar refractivity (Wildman–Crippen MR) is 90.0 cm³/mol. The number of aliphatic hydroxyl groups is 2. The van der Waals surface area contributed by atoms with Crippen molar-refractivity contribution in [1.82, 2.24) is 0 Å². The molecule has 0 heterocycles. The lowest BCUT2D eigenvalue weighted by Gasteiger charge is -2.25. The fraction of sp³-hybridized carbons (Fsp3) is 0.312. The highest BCUT2D eigenvalue weighted by Crippen LogP contribution is 2.39. The van der Waals surface area contributed by atoms with E-state index in [9.17, 15) is 19.9 Å². The van der Waals surface area contributed by atoms with Crippen molar-refractivity contribution in [3.8, 4) is 5.75 Å². The number of hydrogen-bond acceptors (Lipinski definition) is 4. The molecule has 0 aliphatic heterocycles. The molecule has 0 saturated heterocycles. The highest BCUT2D eigenvalue weighted by atomic mass is 31.2. The number of phenolic OH excluding ortho intramolecular Hbond substituents is 1. The third-order valence-corrected chi connectivity index (χ3v) is 4.33. The van der Waals surface area contributed by atoms with E-state index >= 15 is 0 Å². The molecule has 1 aromatic carbocycles. The molecule has 2 rings (SSSR count). The molecule has 1 aliphatic rings. The second-order valence-electron chi connectivity index (χ2n) is 5.78. The molecule has 0 radical (unpaired) electrons. The van der Waals surface area contributed by atoms with Crippen LogP contribution >= 0.6 is 7.75 Å². The van der Waals surface area contributed by atoms with Crippen molar-refractivity contribution < 1.29 is 29.7 Å². The van der Waals surface area contributed by atoms with E-state index in [1.807, 2.05) is 6.92 Å². The van der Waals surface area contributed by atoms with Crippen LogP contribution in [0, 0.1) is 5.92 Å². The van der Waals surface area contributed by atoms with E-state index in [-0.39, 0.29) is 29.6 Å². The lowest BCUT2D eigenvalue weighted by atomic mass is 9.85. The van der Waals surface area contributed by atoms with Crippen molar-refractivity contribution in [3.05, 3.63) is 53.8 Å². The molecule has 0 saturated carbocycles. The average molecular weight is 353 g/mol. The Bertz CT molecular complexity index is 719. The molecule has 3 unspecified atom stereocenters. The van der Waals surface area contributed by atoms with Crippen LogP contribution in [0.4, 0.5) is 0 Å². The van der Waals surface area contributed by atoms with E-state index in [0.29, 0.717) is 0 Å². The summed E-state index contributed by atoms with van der Waals surface area (Å²) in [6, 6.07) is 6.58. The Kier molecular flexibility index (Phi) is 5.62. The monoisotopic (exact) mass is 353 g/mol. The van der Waals surface area contributed by atoms with Gasteiger partial charge in [-0.25, -0.2) is 4.57 Å². The molecule has 0 aromatic heterocycles. The van der Waals surface area contributed by atoms with Crippen LogP contribution in [-0.4, -0.2) is 36.9 Å². The van der Waals surface area contributed by atoms with Crippen molar-refractivity contribution in [3.63, 3.8) is 0 Å². The van der Waals surface area contributed by atoms with Gasteiger partial charge in [-0.15, -0.1) is 0 Å². The molecular weight excluding hydrogens is 333 g/mol. The molecule has 1 aliphatic carbocycles. The zero-order valence-corrected chi connectivity index (χ0v) is 13.9. The van der Waals surface area contributed by atoms with Crippen LogP contribution in [0.25, 0.3) is 0 Å². The number of aromatic hydroxyl groups is 1. The van der Waals surface area contributed by atoms with Crippen LogP contribution in [-0.2, 0) is 4.57 Å². The summed E-state index contributed by atoms with van der Waals surface area (Å²) in [5, 5.41) is 29.4. The van der Waals surface area contributed by atoms with Crippen LogP contribution < -0.4 is 0 Å². The summed E-state index contributed by atoms with van der Waals surface area (Å²) in [5.74, 6) is -0.839. The average Bonchev–Trinajstić information content (AvgIpc) is 2.48. The minimum Gasteiger partial charge on any atom is -0.508 e. The fourth-order valence-electron chi connectivity index (χ4n) is 2.61. The first kappa shape index (κ1) is 18.4. The largest absolute Gasteiger partial charge is 0.508 e. The lowest BCUT2D eigenvalue weighted by Crippen LogP contribution is -2.29. The summed E-state index contributed by atoms with van der Waals surface area (Å²) in [4.78, 5) is 18.0. The third kappa shape index (κ3) is 5.04. The molecule has 0 fully saturated rings. The van der Waals surface area contributed by atoms with Crippen molar-refractivity contribution in [2.45, 2.75) is 25.4 Å². The molecule has 24 heavy (non-hydrogen) atoms.